The number of allylic oxidation sites excluding steroid dienone is 4. The molecule has 10 heteroatoms. The lowest BCUT2D eigenvalue weighted by Gasteiger charge is -2.47. The molecular weight excluding hydrogens is 592 g/mol. The molecule has 0 saturated carbocycles. The van der Waals surface area contributed by atoms with Gasteiger partial charge in [0.15, 0.2) is 12.4 Å². The van der Waals surface area contributed by atoms with Gasteiger partial charge in [0, 0.05) is 17.9 Å². The number of rotatable bonds is 6. The average molecular weight is 649 g/mol. The first-order valence-electron chi connectivity index (χ1n) is 16.2. The molecule has 46 heavy (non-hydrogen) atoms. The molecule has 0 unspecified atom stereocenters. The van der Waals surface area contributed by atoms with Crippen molar-refractivity contribution >= 4 is 11.9 Å². The molecule has 0 spiro atoms. The van der Waals surface area contributed by atoms with Crippen LogP contribution in [0.3, 0.4) is 0 Å². The van der Waals surface area contributed by atoms with Crippen molar-refractivity contribution in [1.29, 1.82) is 0 Å². The minimum atomic E-state index is -1.52. The largest absolute Gasteiger partial charge is 0.456 e. The van der Waals surface area contributed by atoms with Crippen LogP contribution in [0.5, 0.6) is 0 Å². The Kier molecular flexibility index (Phi) is 15.1. The van der Waals surface area contributed by atoms with Gasteiger partial charge in [-0.2, -0.15) is 0 Å². The maximum Gasteiger partial charge on any atom is 0.334 e. The molecule has 260 valence electrons. The van der Waals surface area contributed by atoms with Crippen LogP contribution in [-0.2, 0) is 28.5 Å². The molecule has 2 aliphatic rings. The predicted molar refractivity (Wildman–Crippen MR) is 175 cm³/mol. The first-order chi connectivity index (χ1) is 21.4. The summed E-state index contributed by atoms with van der Waals surface area (Å²) in [5.74, 6) is -1.75. The summed E-state index contributed by atoms with van der Waals surface area (Å²) >= 11 is 0. The minimum Gasteiger partial charge on any atom is -0.456 e. The van der Waals surface area contributed by atoms with E-state index in [1.165, 1.54) is 0 Å². The van der Waals surface area contributed by atoms with Gasteiger partial charge in [-0.3, -0.25) is 4.79 Å². The van der Waals surface area contributed by atoms with E-state index in [0.717, 1.165) is 16.7 Å². The normalized spacial score (nSPS) is 37.8. The Morgan fingerprint density at radius 1 is 1.04 bits per heavy atom. The van der Waals surface area contributed by atoms with E-state index in [-0.39, 0.29) is 12.3 Å². The van der Waals surface area contributed by atoms with Gasteiger partial charge < -0.3 is 39.4 Å². The lowest BCUT2D eigenvalue weighted by Crippen LogP contribution is -2.64. The predicted octanol–water partition coefficient (Wildman–Crippen LogP) is 4.61. The highest BCUT2D eigenvalue weighted by Gasteiger charge is 2.52. The van der Waals surface area contributed by atoms with Gasteiger partial charge in [-0.25, -0.2) is 4.79 Å². The molecule has 2 heterocycles. The summed E-state index contributed by atoms with van der Waals surface area (Å²) in [4.78, 5) is 25.0. The fourth-order valence-electron chi connectivity index (χ4n) is 5.38. The van der Waals surface area contributed by atoms with Crippen LogP contribution in [0, 0.1) is 11.8 Å². The van der Waals surface area contributed by atoms with E-state index in [2.05, 4.69) is 0 Å². The minimum absolute atomic E-state index is 0.262. The zero-order valence-corrected chi connectivity index (χ0v) is 29.1. The smallest absolute Gasteiger partial charge is 0.334 e. The number of cyclic esters (lactones) is 1. The molecule has 1 saturated heterocycles. The fraction of sp³-hybridized carbons (Fsp3) is 0.667. The summed E-state index contributed by atoms with van der Waals surface area (Å²) in [6.07, 6.45) is 3.49. The molecule has 0 aromatic heterocycles. The van der Waals surface area contributed by atoms with Gasteiger partial charge in [0.05, 0.1) is 24.2 Å². The molecule has 2 aliphatic heterocycles. The Hall–Kier alpha value is -2.60. The Labute approximate surface area is 274 Å². The van der Waals surface area contributed by atoms with E-state index in [1.807, 2.05) is 45.9 Å². The van der Waals surface area contributed by atoms with E-state index in [1.54, 1.807) is 59.8 Å². The molecule has 10 nitrogen and oxygen atoms in total. The van der Waals surface area contributed by atoms with Crippen LogP contribution < -0.4 is 0 Å². The SMILES string of the molecule is CC[C@H]1/C=C(\C)[C@@H](O)C/C=C/C=C(\C)C(=O)O[C@H]([C@H](C)O)C/C=C(C)/C=C(\C)[C@@H]1O[C@@H]1OC(C)(C)[C@@H](OC(=O)C(C)C)[C@H](O)[C@@H]1O. The zero-order chi connectivity index (χ0) is 34.9. The van der Waals surface area contributed by atoms with Crippen molar-refractivity contribution in [3.63, 3.8) is 0 Å². The monoisotopic (exact) mass is 648 g/mol. The lowest BCUT2D eigenvalue weighted by molar-refractivity contribution is -0.333. The maximum atomic E-state index is 12.7. The summed E-state index contributed by atoms with van der Waals surface area (Å²) in [5, 5.41) is 43.5. The van der Waals surface area contributed by atoms with Crippen molar-refractivity contribution in [2.75, 3.05) is 0 Å². The van der Waals surface area contributed by atoms with Gasteiger partial charge in [-0.05, 0) is 72.5 Å². The highest BCUT2D eigenvalue weighted by atomic mass is 16.7. The number of carbonyl (C=O) groups is 2. The van der Waals surface area contributed by atoms with Crippen LogP contribution in [0.1, 0.15) is 88.5 Å². The van der Waals surface area contributed by atoms with Crippen molar-refractivity contribution in [3.8, 4) is 0 Å². The third kappa shape index (κ3) is 11.0. The molecule has 4 N–H and O–H groups in total. The second kappa shape index (κ2) is 17.5. The van der Waals surface area contributed by atoms with Gasteiger partial charge in [-0.1, -0.05) is 62.8 Å². The van der Waals surface area contributed by atoms with Gasteiger partial charge in [0.1, 0.15) is 23.9 Å². The third-order valence-electron chi connectivity index (χ3n) is 8.44. The summed E-state index contributed by atoms with van der Waals surface area (Å²) in [6.45, 7) is 17.5. The molecule has 0 aromatic carbocycles. The summed E-state index contributed by atoms with van der Waals surface area (Å²) in [5.41, 5.74) is 1.51. The molecule has 0 bridgehead atoms. The number of carbonyl (C=O) groups excluding carboxylic acids is 2. The molecule has 0 aliphatic carbocycles. The topological polar surface area (TPSA) is 152 Å². The fourth-order valence-corrected chi connectivity index (χ4v) is 5.38. The van der Waals surface area contributed by atoms with Gasteiger partial charge in [-0.15, -0.1) is 0 Å². The van der Waals surface area contributed by atoms with Crippen LogP contribution >= 0.6 is 0 Å². The quantitative estimate of drug-likeness (QED) is 0.237. The second-order valence-electron chi connectivity index (χ2n) is 13.4. The third-order valence-corrected chi connectivity index (χ3v) is 8.44. The number of esters is 2. The standard InChI is InChI=1S/C36H56O10/c1-11-26-19-23(6)27(38)15-13-12-14-22(5)34(42)43-28(25(8)37)17-16-21(4)18-24(7)31(26)44-35-30(40)29(39)32(36(9,10)46-35)45-33(41)20(2)3/h12-14,16,18-20,25-32,35,37-40H,11,15,17H2,1-10H3/b13-12+,21-16+,22-14+,23-19+,24-18+/t25-,26-,27-,28-,29+,30-,31-,32-,35+/m0/s1. The van der Waals surface area contributed by atoms with Crippen LogP contribution in [0.25, 0.3) is 0 Å². The summed E-state index contributed by atoms with van der Waals surface area (Å²) in [7, 11) is 0. The average Bonchev–Trinajstić information content (AvgIpc) is 2.98. The van der Waals surface area contributed by atoms with Crippen LogP contribution in [0.2, 0.25) is 0 Å². The Morgan fingerprint density at radius 3 is 2.28 bits per heavy atom. The second-order valence-corrected chi connectivity index (χ2v) is 13.4. The Bertz CT molecular complexity index is 1190. The maximum absolute atomic E-state index is 12.7. The molecular formula is C36H56O10. The van der Waals surface area contributed by atoms with Crippen LogP contribution in [0.15, 0.2) is 58.7 Å². The van der Waals surface area contributed by atoms with Crippen molar-refractivity contribution < 1.29 is 49.0 Å². The first-order valence-corrected chi connectivity index (χ1v) is 16.2. The van der Waals surface area contributed by atoms with E-state index in [9.17, 15) is 30.0 Å². The van der Waals surface area contributed by atoms with Crippen molar-refractivity contribution in [3.05, 3.63) is 58.7 Å². The molecule has 0 radical (unpaired) electrons. The van der Waals surface area contributed by atoms with Gasteiger partial charge in [0.25, 0.3) is 0 Å². The highest BCUT2D eigenvalue weighted by molar-refractivity contribution is 5.88. The van der Waals surface area contributed by atoms with E-state index >= 15 is 0 Å². The van der Waals surface area contributed by atoms with E-state index < -0.39 is 72.5 Å². The Morgan fingerprint density at radius 2 is 1.70 bits per heavy atom. The van der Waals surface area contributed by atoms with Crippen molar-refractivity contribution in [2.45, 2.75) is 143 Å². The lowest BCUT2D eigenvalue weighted by atomic mass is 9.88. The van der Waals surface area contributed by atoms with Crippen molar-refractivity contribution in [1.82, 2.24) is 0 Å². The summed E-state index contributed by atoms with van der Waals surface area (Å²) in [6, 6.07) is 0. The molecule has 0 amide bonds. The number of aliphatic hydroxyl groups excluding tert-OH is 4. The molecule has 1 fully saturated rings. The van der Waals surface area contributed by atoms with Gasteiger partial charge >= 0.3 is 11.9 Å². The van der Waals surface area contributed by atoms with Crippen LogP contribution in [0.4, 0.5) is 0 Å². The van der Waals surface area contributed by atoms with Gasteiger partial charge in [0.2, 0.25) is 0 Å². The van der Waals surface area contributed by atoms with E-state index in [0.29, 0.717) is 18.4 Å². The summed E-state index contributed by atoms with van der Waals surface area (Å²) < 4.78 is 23.8. The number of hydrogen-bond acceptors (Lipinski definition) is 10. The zero-order valence-electron chi connectivity index (χ0n) is 29.1. The van der Waals surface area contributed by atoms with E-state index in [4.69, 9.17) is 18.9 Å². The first kappa shape index (κ1) is 39.6. The molecule has 9 atom stereocenters. The molecule has 2 rings (SSSR count). The Balaban J connectivity index is 2.55. The number of hydrogen-bond donors (Lipinski definition) is 4. The van der Waals surface area contributed by atoms with Crippen LogP contribution in [-0.4, -0.2) is 87.0 Å². The highest BCUT2D eigenvalue weighted by Crippen LogP contribution is 2.36. The molecule has 0 aromatic rings. The number of aliphatic hydroxyl groups is 4. The van der Waals surface area contributed by atoms with Crippen molar-refractivity contribution in [2.24, 2.45) is 11.8 Å². The number of ether oxygens (including phenoxy) is 4.